The number of carbonyl (C=O) groups excluding carboxylic acids is 1. The number of unbranched alkanes of at least 4 members (excludes halogenated alkanes) is 8. The van der Waals surface area contributed by atoms with Gasteiger partial charge >= 0.3 is 11.9 Å². The Kier molecular flexibility index (Phi) is 14.9. The molecule has 0 bridgehead atoms. The molecule has 0 aromatic carbocycles. The van der Waals surface area contributed by atoms with E-state index in [-0.39, 0.29) is 12.1 Å². The highest BCUT2D eigenvalue weighted by Gasteiger charge is 2.38. The third-order valence-corrected chi connectivity index (χ3v) is 6.97. The maximum atomic E-state index is 13.0. The van der Waals surface area contributed by atoms with Gasteiger partial charge in [0.05, 0.1) is 11.8 Å². The average Bonchev–Trinajstić information content (AvgIpc) is 2.75. The summed E-state index contributed by atoms with van der Waals surface area (Å²) >= 11 is 0. The number of esters is 1. The summed E-state index contributed by atoms with van der Waals surface area (Å²) in [5, 5.41) is 9.53. The minimum Gasteiger partial charge on any atom is -0.481 e. The maximum absolute atomic E-state index is 13.0. The SMILES string of the molecule is CCCCCCCCCCC(OC(=O)C1CCCCC1C(=O)O)C(CC)CCCC. The van der Waals surface area contributed by atoms with Crippen LogP contribution in [-0.4, -0.2) is 23.1 Å². The zero-order chi connectivity index (χ0) is 22.2. The number of carboxylic acid groups (broad SMARTS) is 1. The number of ether oxygens (including phenoxy) is 1. The molecule has 176 valence electrons. The monoisotopic (exact) mass is 424 g/mol. The molecule has 4 heteroatoms. The van der Waals surface area contributed by atoms with Crippen LogP contribution in [0, 0.1) is 17.8 Å². The summed E-state index contributed by atoms with van der Waals surface area (Å²) in [6.45, 7) is 6.64. The Morgan fingerprint density at radius 1 is 0.800 bits per heavy atom. The standard InChI is InChI=1S/C26H48O4/c1-4-7-9-10-11-12-13-14-20-24(21(6-3)17-8-5-2)30-26(29)23-19-16-15-18-22(23)25(27)28/h21-24H,4-20H2,1-3H3,(H,27,28). The normalized spacial score (nSPS) is 21.2. The van der Waals surface area contributed by atoms with Crippen molar-refractivity contribution in [2.24, 2.45) is 17.8 Å². The number of hydrogen-bond acceptors (Lipinski definition) is 3. The van der Waals surface area contributed by atoms with Gasteiger partial charge < -0.3 is 9.84 Å². The van der Waals surface area contributed by atoms with Crippen molar-refractivity contribution in [2.45, 2.75) is 136 Å². The van der Waals surface area contributed by atoms with Crippen molar-refractivity contribution < 1.29 is 19.4 Å². The molecule has 1 aliphatic rings. The van der Waals surface area contributed by atoms with Crippen molar-refractivity contribution in [1.82, 2.24) is 0 Å². The molecule has 1 saturated carbocycles. The molecule has 0 aromatic rings. The molecule has 30 heavy (non-hydrogen) atoms. The van der Waals surface area contributed by atoms with Crippen LogP contribution in [0.5, 0.6) is 0 Å². The molecule has 0 saturated heterocycles. The van der Waals surface area contributed by atoms with Gasteiger partial charge in [0.1, 0.15) is 6.10 Å². The second-order valence-electron chi connectivity index (χ2n) is 9.39. The summed E-state index contributed by atoms with van der Waals surface area (Å²) < 4.78 is 6.08. The van der Waals surface area contributed by atoms with Gasteiger partial charge in [0.2, 0.25) is 0 Å². The van der Waals surface area contributed by atoms with Crippen LogP contribution in [0.25, 0.3) is 0 Å². The molecule has 0 spiro atoms. The van der Waals surface area contributed by atoms with Crippen molar-refractivity contribution in [2.75, 3.05) is 0 Å². The van der Waals surface area contributed by atoms with Gasteiger partial charge in [-0.2, -0.15) is 0 Å². The van der Waals surface area contributed by atoms with E-state index in [0.717, 1.165) is 51.4 Å². The summed E-state index contributed by atoms with van der Waals surface area (Å²) in [7, 11) is 0. The molecule has 4 nitrogen and oxygen atoms in total. The minimum atomic E-state index is -0.839. The minimum absolute atomic E-state index is 0.0505. The zero-order valence-electron chi connectivity index (χ0n) is 20.0. The van der Waals surface area contributed by atoms with E-state index in [2.05, 4.69) is 20.8 Å². The zero-order valence-corrected chi connectivity index (χ0v) is 20.0. The smallest absolute Gasteiger partial charge is 0.310 e. The number of hydrogen-bond donors (Lipinski definition) is 1. The number of carboxylic acids is 1. The number of rotatable bonds is 17. The van der Waals surface area contributed by atoms with Gasteiger partial charge in [-0.3, -0.25) is 9.59 Å². The van der Waals surface area contributed by atoms with Crippen LogP contribution in [0.1, 0.15) is 130 Å². The summed E-state index contributed by atoms with van der Waals surface area (Å²) in [5.41, 5.74) is 0. The molecule has 1 N–H and O–H groups in total. The molecule has 0 radical (unpaired) electrons. The number of aliphatic carboxylic acids is 1. The van der Waals surface area contributed by atoms with Gasteiger partial charge in [-0.25, -0.2) is 0 Å². The van der Waals surface area contributed by atoms with Crippen molar-refractivity contribution in [1.29, 1.82) is 0 Å². The van der Waals surface area contributed by atoms with E-state index < -0.39 is 17.8 Å². The summed E-state index contributed by atoms with van der Waals surface area (Å²) in [5.74, 6) is -1.71. The summed E-state index contributed by atoms with van der Waals surface area (Å²) in [6, 6.07) is 0. The van der Waals surface area contributed by atoms with Crippen LogP contribution >= 0.6 is 0 Å². The van der Waals surface area contributed by atoms with E-state index in [1.807, 2.05) is 0 Å². The first-order chi connectivity index (χ1) is 14.5. The first kappa shape index (κ1) is 27.0. The molecular weight excluding hydrogens is 376 g/mol. The van der Waals surface area contributed by atoms with Crippen molar-refractivity contribution >= 4 is 11.9 Å². The Balaban J connectivity index is 2.59. The van der Waals surface area contributed by atoms with Crippen LogP contribution < -0.4 is 0 Å². The highest BCUT2D eigenvalue weighted by atomic mass is 16.5. The average molecular weight is 425 g/mol. The molecule has 0 aromatic heterocycles. The third kappa shape index (κ3) is 10.3. The van der Waals surface area contributed by atoms with Gasteiger partial charge in [0, 0.05) is 0 Å². The molecule has 0 amide bonds. The lowest BCUT2D eigenvalue weighted by Gasteiger charge is -2.31. The molecule has 1 rings (SSSR count). The predicted molar refractivity (Wildman–Crippen MR) is 123 cm³/mol. The molecular formula is C26H48O4. The fourth-order valence-electron chi connectivity index (χ4n) is 4.93. The predicted octanol–water partition coefficient (Wildman–Crippen LogP) is 7.54. The molecule has 0 aliphatic heterocycles. The first-order valence-corrected chi connectivity index (χ1v) is 13.0. The van der Waals surface area contributed by atoms with Crippen molar-refractivity contribution in [3.8, 4) is 0 Å². The van der Waals surface area contributed by atoms with Gasteiger partial charge in [-0.15, -0.1) is 0 Å². The molecule has 1 fully saturated rings. The van der Waals surface area contributed by atoms with Gasteiger partial charge in [-0.05, 0) is 44.4 Å². The largest absolute Gasteiger partial charge is 0.481 e. The Bertz CT molecular complexity index is 462. The third-order valence-electron chi connectivity index (χ3n) is 6.97. The lowest BCUT2D eigenvalue weighted by molar-refractivity contribution is -0.166. The van der Waals surface area contributed by atoms with Crippen molar-refractivity contribution in [3.63, 3.8) is 0 Å². The van der Waals surface area contributed by atoms with E-state index in [4.69, 9.17) is 4.74 Å². The highest BCUT2D eigenvalue weighted by Crippen LogP contribution is 2.33. The van der Waals surface area contributed by atoms with Crippen LogP contribution in [-0.2, 0) is 14.3 Å². The van der Waals surface area contributed by atoms with Gasteiger partial charge in [0.15, 0.2) is 0 Å². The highest BCUT2D eigenvalue weighted by molar-refractivity contribution is 5.81. The second-order valence-corrected chi connectivity index (χ2v) is 9.39. The Morgan fingerprint density at radius 3 is 1.93 bits per heavy atom. The van der Waals surface area contributed by atoms with Crippen LogP contribution in [0.3, 0.4) is 0 Å². The lowest BCUT2D eigenvalue weighted by Crippen LogP contribution is -2.37. The van der Waals surface area contributed by atoms with E-state index in [1.165, 1.54) is 44.9 Å². The maximum Gasteiger partial charge on any atom is 0.310 e. The number of carbonyl (C=O) groups is 2. The fourth-order valence-corrected chi connectivity index (χ4v) is 4.93. The quantitative estimate of drug-likeness (QED) is 0.193. The van der Waals surface area contributed by atoms with E-state index >= 15 is 0 Å². The Morgan fingerprint density at radius 2 is 1.37 bits per heavy atom. The van der Waals surface area contributed by atoms with E-state index in [1.54, 1.807) is 0 Å². The van der Waals surface area contributed by atoms with Crippen LogP contribution in [0.4, 0.5) is 0 Å². The molecule has 4 unspecified atom stereocenters. The van der Waals surface area contributed by atoms with Crippen LogP contribution in [0.15, 0.2) is 0 Å². The van der Waals surface area contributed by atoms with Gasteiger partial charge in [-0.1, -0.05) is 91.4 Å². The van der Waals surface area contributed by atoms with Gasteiger partial charge in [0.25, 0.3) is 0 Å². The fraction of sp³-hybridized carbons (Fsp3) is 0.923. The van der Waals surface area contributed by atoms with E-state index in [0.29, 0.717) is 18.8 Å². The topological polar surface area (TPSA) is 63.6 Å². The van der Waals surface area contributed by atoms with Crippen LogP contribution in [0.2, 0.25) is 0 Å². The van der Waals surface area contributed by atoms with E-state index in [9.17, 15) is 14.7 Å². The second kappa shape index (κ2) is 16.6. The Hall–Kier alpha value is -1.06. The summed E-state index contributed by atoms with van der Waals surface area (Å²) in [6.07, 6.45) is 18.5. The first-order valence-electron chi connectivity index (χ1n) is 13.0. The molecule has 0 heterocycles. The molecule has 1 aliphatic carbocycles. The molecule has 4 atom stereocenters. The Labute approximate surface area is 185 Å². The van der Waals surface area contributed by atoms with Crippen molar-refractivity contribution in [3.05, 3.63) is 0 Å². The summed E-state index contributed by atoms with van der Waals surface area (Å²) in [4.78, 5) is 24.6. The lowest BCUT2D eigenvalue weighted by atomic mass is 9.79.